The number of nitrogens with one attached hydrogen (secondary N) is 4. The van der Waals surface area contributed by atoms with Crippen LogP contribution in [0.4, 0.5) is 0 Å². The molecular formula is C51H72N8O22. The summed E-state index contributed by atoms with van der Waals surface area (Å²) in [6.07, 6.45) is 3.39. The Morgan fingerprint density at radius 1 is 0.654 bits per heavy atom. The molecule has 5 aliphatic heterocycles. The quantitative estimate of drug-likeness (QED) is 0.0919. The van der Waals surface area contributed by atoms with Gasteiger partial charge in [0, 0.05) is 86.3 Å². The van der Waals surface area contributed by atoms with Crippen LogP contribution in [0.5, 0.6) is 0 Å². The number of aryl methyl sites for hydroxylation is 1. The third kappa shape index (κ3) is 15.2. The summed E-state index contributed by atoms with van der Waals surface area (Å²) in [5.41, 5.74) is -4.83. The first-order valence-corrected chi connectivity index (χ1v) is 25.1. The van der Waals surface area contributed by atoms with Gasteiger partial charge in [-0.25, -0.2) is 14.4 Å². The number of carbonyl (C=O) groups excluding carboxylic acids is 5. The molecule has 8 N–H and O–H groups in total. The number of ether oxygens (including phenoxy) is 7. The molecule has 0 bridgehead atoms. The predicted molar refractivity (Wildman–Crippen MR) is 278 cm³/mol. The van der Waals surface area contributed by atoms with Gasteiger partial charge < -0.3 is 63.8 Å². The molecule has 1 amide bonds. The zero-order chi connectivity index (χ0) is 60.9. The highest BCUT2D eigenvalue weighted by atomic mass is 16.6. The average molecular weight is 1150 g/mol. The number of H-pyrrole nitrogens is 3. The topological polar surface area (TPSA) is 411 Å². The maximum absolute atomic E-state index is 12.2. The van der Waals surface area contributed by atoms with Crippen molar-refractivity contribution in [1.29, 1.82) is 0 Å². The predicted octanol–water partition coefficient (Wildman–Crippen LogP) is -1.89. The van der Waals surface area contributed by atoms with Crippen molar-refractivity contribution in [3.05, 3.63) is 123 Å². The van der Waals surface area contributed by atoms with Crippen LogP contribution in [0.25, 0.3) is 0 Å². The highest BCUT2D eigenvalue weighted by molar-refractivity contribution is 5.94. The van der Waals surface area contributed by atoms with E-state index in [9.17, 15) is 63.6 Å². The van der Waals surface area contributed by atoms with Crippen LogP contribution in [0.1, 0.15) is 91.5 Å². The second-order valence-corrected chi connectivity index (χ2v) is 21.0. The fourth-order valence-corrected chi connectivity index (χ4v) is 9.60. The smallest absolute Gasteiger partial charge is 0.373 e. The molecule has 0 radical (unpaired) electrons. The number of rotatable bonds is 12. The summed E-state index contributed by atoms with van der Waals surface area (Å²) < 4.78 is 41.4. The lowest BCUT2D eigenvalue weighted by molar-refractivity contribution is -0.191. The Balaban J connectivity index is 0.000000229. The number of nitrogens with zero attached hydrogens (tertiary/aromatic N) is 4. The highest BCUT2D eigenvalue weighted by Crippen LogP contribution is 2.45. The van der Waals surface area contributed by atoms with Gasteiger partial charge in [0.1, 0.15) is 30.7 Å². The lowest BCUT2D eigenvalue weighted by Gasteiger charge is -2.32. The summed E-state index contributed by atoms with van der Waals surface area (Å²) in [6.45, 7) is 15.7. The van der Waals surface area contributed by atoms with Gasteiger partial charge in [-0.05, 0) is 33.1 Å². The van der Waals surface area contributed by atoms with Crippen LogP contribution in [0.2, 0.25) is 0 Å². The maximum Gasteiger partial charge on any atom is 0.373 e. The lowest BCUT2D eigenvalue weighted by atomic mass is 9.82. The minimum Gasteiger partial charge on any atom is -0.469 e. The zero-order valence-corrected chi connectivity index (χ0v) is 46.6. The van der Waals surface area contributed by atoms with Crippen LogP contribution >= 0.6 is 0 Å². The van der Waals surface area contributed by atoms with Crippen molar-refractivity contribution >= 4 is 24.0 Å². The molecule has 0 aromatic carbocycles. The summed E-state index contributed by atoms with van der Waals surface area (Å²) in [4.78, 5) is 129. The summed E-state index contributed by atoms with van der Waals surface area (Å²) in [6, 6.07) is 2.51. The van der Waals surface area contributed by atoms with Crippen LogP contribution < -0.4 is 39.1 Å². The molecule has 448 valence electrons. The average Bonchev–Trinajstić information content (AvgIpc) is 4.39. The van der Waals surface area contributed by atoms with Gasteiger partial charge in [0.25, 0.3) is 22.6 Å². The van der Waals surface area contributed by atoms with Gasteiger partial charge >= 0.3 is 35.2 Å². The molecule has 0 saturated carbocycles. The number of hydrogen-bond donors (Lipinski definition) is 8. The summed E-state index contributed by atoms with van der Waals surface area (Å²) in [5, 5.41) is 39.9. The highest BCUT2D eigenvalue weighted by Gasteiger charge is 2.54. The second-order valence-electron chi connectivity index (χ2n) is 21.0. The monoisotopic (exact) mass is 1150 g/mol. The molecule has 8 rings (SSSR count). The Kier molecular flexibility index (Phi) is 22.9. The summed E-state index contributed by atoms with van der Waals surface area (Å²) in [5.74, 6) is -0.628. The molecule has 3 aromatic rings. The Labute approximate surface area is 461 Å². The SMILES string of the molecule is C=C1NC(=O)C(C)=CN1[C@H]1C[C@](C)(C(=O)OC)[C@@H](COC)O1.CC1(C)C[C@@H](n2ccc(=O)[nH]c2=O)O[C@@H]1CO.COC(=O)[C@@]1(C)C[C@@H](n2cc(C)c(=O)[nH]c2=O)O[C@@H]1CO.C[C@]1(CO)C[C@@H](n2ccc(=O)[nH]c2=O)O[C@@H]1CO.O=C=O. The number of aliphatic hydroxyl groups excluding tert-OH is 4. The van der Waals surface area contributed by atoms with Crippen LogP contribution in [0, 0.1) is 28.6 Å². The zero-order valence-electron chi connectivity index (χ0n) is 46.6. The van der Waals surface area contributed by atoms with Crippen molar-refractivity contribution in [2.24, 2.45) is 21.7 Å². The van der Waals surface area contributed by atoms with Crippen molar-refractivity contribution < 1.29 is 77.6 Å². The van der Waals surface area contributed by atoms with E-state index >= 15 is 0 Å². The van der Waals surface area contributed by atoms with Crippen molar-refractivity contribution in [2.45, 2.75) is 123 Å². The maximum atomic E-state index is 12.2. The molecule has 81 heavy (non-hydrogen) atoms. The van der Waals surface area contributed by atoms with Crippen LogP contribution in [-0.4, -0.2) is 163 Å². The van der Waals surface area contributed by atoms with E-state index in [2.05, 4.69) is 26.8 Å². The number of methoxy groups -OCH3 is 3. The van der Waals surface area contributed by atoms with Gasteiger partial charge in [0.2, 0.25) is 0 Å². The Morgan fingerprint density at radius 3 is 1.56 bits per heavy atom. The number of amides is 1. The number of aromatic nitrogens is 6. The molecule has 0 spiro atoms. The van der Waals surface area contributed by atoms with E-state index in [4.69, 9.17) is 42.7 Å². The fourth-order valence-electron chi connectivity index (χ4n) is 9.60. The first-order chi connectivity index (χ1) is 38.0. The lowest BCUT2D eigenvalue weighted by Crippen LogP contribution is -2.42. The van der Waals surface area contributed by atoms with E-state index < -0.39 is 99.2 Å². The van der Waals surface area contributed by atoms with E-state index in [1.54, 1.807) is 52.8 Å². The van der Waals surface area contributed by atoms with Crippen molar-refractivity contribution in [3.63, 3.8) is 0 Å². The summed E-state index contributed by atoms with van der Waals surface area (Å²) >= 11 is 0. The van der Waals surface area contributed by atoms with E-state index in [0.29, 0.717) is 36.2 Å². The van der Waals surface area contributed by atoms with Crippen molar-refractivity contribution in [2.75, 3.05) is 54.4 Å². The minimum atomic E-state index is -1.06. The van der Waals surface area contributed by atoms with E-state index in [0.717, 1.165) is 0 Å². The van der Waals surface area contributed by atoms with Crippen LogP contribution in [0.3, 0.4) is 0 Å². The molecule has 3 aromatic heterocycles. The Morgan fingerprint density at radius 2 is 1.10 bits per heavy atom. The van der Waals surface area contributed by atoms with E-state index in [1.165, 1.54) is 58.6 Å². The van der Waals surface area contributed by atoms with Crippen molar-refractivity contribution in [3.8, 4) is 0 Å². The minimum absolute atomic E-state index is 0.0817. The van der Waals surface area contributed by atoms with Crippen LogP contribution in [0.15, 0.2) is 83.7 Å². The molecule has 0 unspecified atom stereocenters. The molecule has 30 nitrogen and oxygen atoms in total. The first kappa shape index (κ1) is 66.3. The molecule has 5 aliphatic rings. The van der Waals surface area contributed by atoms with Crippen molar-refractivity contribution in [1.82, 2.24) is 38.9 Å². The molecule has 4 saturated heterocycles. The standard InChI is InChI=1S/C15H22N2O5.C13H18N2O6.C11H16N2O5.C11H16N2O4.CO2/c1-9-7-17(10(2)16-13(9)18)12-6-15(3,14(19)21-5)11(22-12)8-20-4;1-7-5-15(12(19)14-10(7)17)9-4-13(2,11(18)20-3)8(6-16)21-9;1-11(6-15)4-9(18-7(11)5-14)13-3-2-8(16)12-10(13)17;1-11(2)5-9(17-7(11)6-14)13-4-3-8(15)12-10(13)16;2-1-3/h7,11-12H,2,6,8H2,1,3-5H3,(H,16,18);5,8-9,16H,4,6H2,1-3H3,(H,14,17,19);2-3,7,9,14-15H,4-6H2,1H3,(H,12,16,17);3-4,7,9,14H,5-6H2,1-2H3,(H,12,15,16);/t11-,12-,15+;8-,9+,13+;7-,9+,11-;7-,9+;/m1111./s1. The Hall–Kier alpha value is -7.25. The van der Waals surface area contributed by atoms with E-state index in [1.807, 2.05) is 13.8 Å². The number of aromatic amines is 3. The molecular weight excluding hydrogens is 1080 g/mol. The molecule has 4 fully saturated rings. The van der Waals surface area contributed by atoms with Gasteiger partial charge in [-0.2, -0.15) is 9.59 Å². The number of hydrogen-bond acceptors (Lipinski definition) is 23. The van der Waals surface area contributed by atoms with E-state index in [-0.39, 0.29) is 69.0 Å². The normalized spacial score (nSPS) is 28.9. The van der Waals surface area contributed by atoms with Crippen LogP contribution in [-0.2, 0) is 57.1 Å². The Bertz CT molecular complexity index is 3150. The van der Waals surface area contributed by atoms with Gasteiger partial charge in [-0.3, -0.25) is 57.4 Å². The number of carbonyl (C=O) groups is 3. The third-order valence-electron chi connectivity index (χ3n) is 14.7. The fraction of sp³-hybridized carbons (Fsp3) is 0.608. The summed E-state index contributed by atoms with van der Waals surface area (Å²) in [7, 11) is 4.17. The molecule has 30 heteroatoms. The van der Waals surface area contributed by atoms with Gasteiger partial charge in [-0.15, -0.1) is 0 Å². The molecule has 11 atom stereocenters. The van der Waals surface area contributed by atoms with Gasteiger partial charge in [0.15, 0.2) is 0 Å². The largest absolute Gasteiger partial charge is 0.469 e. The first-order valence-electron chi connectivity index (χ1n) is 25.1. The third-order valence-corrected chi connectivity index (χ3v) is 14.7. The molecule has 8 heterocycles. The number of esters is 2. The van der Waals surface area contributed by atoms with Gasteiger partial charge in [-0.1, -0.05) is 27.4 Å². The van der Waals surface area contributed by atoms with Gasteiger partial charge in [0.05, 0.1) is 82.5 Å². The molecule has 0 aliphatic carbocycles. The second kappa shape index (κ2) is 28.0. The number of aliphatic hydroxyl groups is 4.